The Morgan fingerprint density at radius 2 is 1.86 bits per heavy atom. The average Bonchev–Trinajstić information content (AvgIpc) is 2.91. The van der Waals surface area contributed by atoms with Gasteiger partial charge in [-0.25, -0.2) is 4.79 Å². The van der Waals surface area contributed by atoms with Gasteiger partial charge in [-0.1, -0.05) is 51.9 Å². The molecule has 1 atom stereocenters. The number of amides is 1. The molecule has 1 N–H and O–H groups in total. The van der Waals surface area contributed by atoms with Crippen molar-refractivity contribution in [3.8, 4) is 0 Å². The maximum absolute atomic E-state index is 11.6. The summed E-state index contributed by atoms with van der Waals surface area (Å²) in [5.41, 5.74) is 0. The van der Waals surface area contributed by atoms with E-state index in [1.54, 1.807) is 0 Å². The molecular formula is C17H29NO3. The van der Waals surface area contributed by atoms with Crippen LogP contribution in [0.1, 0.15) is 77.6 Å². The van der Waals surface area contributed by atoms with Gasteiger partial charge in [0.15, 0.2) is 0 Å². The molecule has 1 aliphatic rings. The van der Waals surface area contributed by atoms with E-state index in [-0.39, 0.29) is 11.9 Å². The lowest BCUT2D eigenvalue weighted by Gasteiger charge is -2.06. The second kappa shape index (κ2) is 11.4. The normalized spacial score (nSPS) is 18.1. The first kappa shape index (κ1) is 17.7. The summed E-state index contributed by atoms with van der Waals surface area (Å²) in [4.78, 5) is 22.5. The maximum atomic E-state index is 11.6. The van der Waals surface area contributed by atoms with Crippen LogP contribution in [0.5, 0.6) is 0 Å². The van der Waals surface area contributed by atoms with Crippen molar-refractivity contribution in [2.24, 2.45) is 0 Å². The van der Waals surface area contributed by atoms with Gasteiger partial charge in [0, 0.05) is 6.42 Å². The Morgan fingerprint density at radius 3 is 2.48 bits per heavy atom. The van der Waals surface area contributed by atoms with E-state index in [2.05, 4.69) is 12.2 Å². The second-order valence-electron chi connectivity index (χ2n) is 5.73. The smallest absolute Gasteiger partial charge is 0.333 e. The van der Waals surface area contributed by atoms with Gasteiger partial charge in [-0.05, 0) is 25.3 Å². The van der Waals surface area contributed by atoms with Gasteiger partial charge < -0.3 is 10.1 Å². The summed E-state index contributed by atoms with van der Waals surface area (Å²) in [6, 6.07) is -0.453. The maximum Gasteiger partial charge on any atom is 0.333 e. The number of ether oxygens (including phenoxy) is 1. The van der Waals surface area contributed by atoms with Crippen LogP contribution in [-0.4, -0.2) is 17.9 Å². The van der Waals surface area contributed by atoms with Gasteiger partial charge in [0.25, 0.3) is 0 Å². The summed E-state index contributed by atoms with van der Waals surface area (Å²) < 4.78 is 5.01. The number of unbranched alkanes of at least 4 members (excludes halogenated alkanes) is 8. The van der Waals surface area contributed by atoms with Crippen LogP contribution in [0, 0.1) is 0 Å². The molecule has 1 aliphatic heterocycles. The van der Waals surface area contributed by atoms with Crippen LogP contribution in [-0.2, 0) is 14.3 Å². The molecule has 120 valence electrons. The summed E-state index contributed by atoms with van der Waals surface area (Å²) in [6.45, 7) is 2.24. The van der Waals surface area contributed by atoms with Crippen molar-refractivity contribution >= 4 is 11.9 Å². The molecule has 0 spiro atoms. The molecular weight excluding hydrogens is 266 g/mol. The monoisotopic (exact) mass is 295 g/mol. The number of carbonyl (C=O) groups is 2. The SMILES string of the molecule is CCCCCCCCCC/C=C/OC(=O)[C@@H]1CCC(=O)N1. The van der Waals surface area contributed by atoms with Crippen molar-refractivity contribution in [1.29, 1.82) is 0 Å². The highest BCUT2D eigenvalue weighted by Gasteiger charge is 2.27. The van der Waals surface area contributed by atoms with Gasteiger partial charge in [-0.2, -0.15) is 0 Å². The summed E-state index contributed by atoms with van der Waals surface area (Å²) >= 11 is 0. The number of carbonyl (C=O) groups excluding carboxylic acids is 2. The zero-order valence-corrected chi connectivity index (χ0v) is 13.2. The molecule has 1 fully saturated rings. The minimum atomic E-state index is -0.453. The van der Waals surface area contributed by atoms with Gasteiger partial charge in [-0.3, -0.25) is 4.79 Å². The van der Waals surface area contributed by atoms with Crippen molar-refractivity contribution in [3.05, 3.63) is 12.3 Å². The molecule has 1 heterocycles. The first-order chi connectivity index (χ1) is 10.2. The van der Waals surface area contributed by atoms with Crippen LogP contribution < -0.4 is 5.32 Å². The fraction of sp³-hybridized carbons (Fsp3) is 0.765. The lowest BCUT2D eigenvalue weighted by molar-refractivity contribution is -0.141. The zero-order valence-electron chi connectivity index (χ0n) is 13.2. The van der Waals surface area contributed by atoms with Gasteiger partial charge in [0.1, 0.15) is 6.04 Å². The Labute approximate surface area is 128 Å². The number of hydrogen-bond acceptors (Lipinski definition) is 3. The fourth-order valence-corrected chi connectivity index (χ4v) is 2.45. The van der Waals surface area contributed by atoms with E-state index in [4.69, 9.17) is 4.74 Å². The van der Waals surface area contributed by atoms with Crippen LogP contribution in [0.25, 0.3) is 0 Å². The predicted octanol–water partition coefficient (Wildman–Crippen LogP) is 3.85. The number of hydrogen-bond donors (Lipinski definition) is 1. The molecule has 4 heteroatoms. The van der Waals surface area contributed by atoms with Crippen molar-refractivity contribution in [3.63, 3.8) is 0 Å². The van der Waals surface area contributed by atoms with Crippen LogP contribution in [0.15, 0.2) is 12.3 Å². The molecule has 0 aromatic heterocycles. The molecule has 1 rings (SSSR count). The number of allylic oxidation sites excluding steroid dienone is 1. The van der Waals surface area contributed by atoms with E-state index in [0.717, 1.165) is 12.8 Å². The Hall–Kier alpha value is -1.32. The highest BCUT2D eigenvalue weighted by molar-refractivity contribution is 5.88. The number of rotatable bonds is 11. The van der Waals surface area contributed by atoms with Crippen LogP contribution in [0.4, 0.5) is 0 Å². The molecule has 21 heavy (non-hydrogen) atoms. The summed E-state index contributed by atoms with van der Waals surface area (Å²) in [7, 11) is 0. The molecule has 0 aliphatic carbocycles. The highest BCUT2D eigenvalue weighted by atomic mass is 16.5. The molecule has 0 radical (unpaired) electrons. The van der Waals surface area contributed by atoms with E-state index in [0.29, 0.717) is 12.8 Å². The average molecular weight is 295 g/mol. The quantitative estimate of drug-likeness (QED) is 0.358. The van der Waals surface area contributed by atoms with E-state index in [1.165, 1.54) is 51.2 Å². The minimum Gasteiger partial charge on any atom is -0.433 e. The lowest BCUT2D eigenvalue weighted by atomic mass is 10.1. The fourth-order valence-electron chi connectivity index (χ4n) is 2.45. The van der Waals surface area contributed by atoms with Crippen LogP contribution in [0.2, 0.25) is 0 Å². The Kier molecular flexibility index (Phi) is 9.58. The van der Waals surface area contributed by atoms with Crippen molar-refractivity contribution in [2.75, 3.05) is 0 Å². The van der Waals surface area contributed by atoms with Gasteiger partial charge in [0.05, 0.1) is 6.26 Å². The summed E-state index contributed by atoms with van der Waals surface area (Å²) in [5, 5.41) is 2.60. The van der Waals surface area contributed by atoms with E-state index < -0.39 is 6.04 Å². The molecule has 0 aromatic rings. The molecule has 1 amide bonds. The van der Waals surface area contributed by atoms with Crippen molar-refractivity contribution < 1.29 is 14.3 Å². The third-order valence-electron chi connectivity index (χ3n) is 3.78. The summed E-state index contributed by atoms with van der Waals surface area (Å²) in [6.07, 6.45) is 15.7. The molecule has 0 bridgehead atoms. The number of esters is 1. The number of nitrogens with one attached hydrogen (secondary N) is 1. The van der Waals surface area contributed by atoms with E-state index in [1.807, 2.05) is 6.08 Å². The molecule has 1 saturated heterocycles. The van der Waals surface area contributed by atoms with E-state index in [9.17, 15) is 9.59 Å². The standard InChI is InChI=1S/C17H29NO3/c1-2-3-4-5-6-7-8-9-10-11-14-21-17(20)15-12-13-16(19)18-15/h11,14-15H,2-10,12-13H2,1H3,(H,18,19)/b14-11+/t15-/m0/s1. The van der Waals surface area contributed by atoms with Crippen LogP contribution in [0.3, 0.4) is 0 Å². The molecule has 0 aromatic carbocycles. The zero-order chi connectivity index (χ0) is 15.3. The summed E-state index contributed by atoms with van der Waals surface area (Å²) in [5.74, 6) is -0.423. The first-order valence-electron chi connectivity index (χ1n) is 8.39. The largest absolute Gasteiger partial charge is 0.433 e. The van der Waals surface area contributed by atoms with Gasteiger partial charge in [-0.15, -0.1) is 0 Å². The molecule has 0 saturated carbocycles. The molecule has 0 unspecified atom stereocenters. The van der Waals surface area contributed by atoms with Gasteiger partial charge >= 0.3 is 5.97 Å². The minimum absolute atomic E-state index is 0.0696. The Bertz CT molecular complexity index is 339. The Balaban J connectivity index is 1.90. The van der Waals surface area contributed by atoms with Crippen molar-refractivity contribution in [1.82, 2.24) is 5.32 Å². The lowest BCUT2D eigenvalue weighted by Crippen LogP contribution is -2.33. The second-order valence-corrected chi connectivity index (χ2v) is 5.73. The van der Waals surface area contributed by atoms with Crippen molar-refractivity contribution in [2.45, 2.75) is 83.6 Å². The predicted molar refractivity (Wildman–Crippen MR) is 83.6 cm³/mol. The third-order valence-corrected chi connectivity index (χ3v) is 3.78. The highest BCUT2D eigenvalue weighted by Crippen LogP contribution is 2.10. The van der Waals surface area contributed by atoms with E-state index >= 15 is 0 Å². The third kappa shape index (κ3) is 8.53. The molecule has 4 nitrogen and oxygen atoms in total. The first-order valence-corrected chi connectivity index (χ1v) is 8.39. The topological polar surface area (TPSA) is 55.4 Å². The Morgan fingerprint density at radius 1 is 1.19 bits per heavy atom. The van der Waals surface area contributed by atoms with Gasteiger partial charge in [0.2, 0.25) is 5.91 Å². The van der Waals surface area contributed by atoms with Crippen LogP contribution >= 0.6 is 0 Å².